The summed E-state index contributed by atoms with van der Waals surface area (Å²) in [6, 6.07) is 4.48. The van der Waals surface area contributed by atoms with Crippen molar-refractivity contribution in [2.45, 2.75) is 38.3 Å². The van der Waals surface area contributed by atoms with Crippen molar-refractivity contribution in [2.75, 3.05) is 13.1 Å². The normalized spacial score (nSPS) is 22.4. The molecule has 2 heterocycles. The van der Waals surface area contributed by atoms with E-state index in [2.05, 4.69) is 15.2 Å². The summed E-state index contributed by atoms with van der Waals surface area (Å²) in [6.07, 6.45) is 7.77. The molecule has 1 aromatic heterocycles. The summed E-state index contributed by atoms with van der Waals surface area (Å²) in [4.78, 5) is 18.6. The Bertz CT molecular complexity index is 424. The van der Waals surface area contributed by atoms with Gasteiger partial charge in [0.2, 0.25) is 5.91 Å². The number of nitrogens with zero attached hydrogens (tertiary/aromatic N) is 2. The fraction of sp³-hybridized carbons (Fsp3) is 0.600. The Balaban J connectivity index is 1.61. The van der Waals surface area contributed by atoms with Crippen LogP contribution in [-0.2, 0) is 11.3 Å². The summed E-state index contributed by atoms with van der Waals surface area (Å²) in [7, 11) is 0. The highest BCUT2D eigenvalue weighted by Crippen LogP contribution is 2.30. The van der Waals surface area contributed by atoms with Gasteiger partial charge >= 0.3 is 0 Å². The van der Waals surface area contributed by atoms with E-state index in [-0.39, 0.29) is 0 Å². The number of aromatic nitrogens is 1. The van der Waals surface area contributed by atoms with Crippen LogP contribution in [0.2, 0.25) is 0 Å². The maximum Gasteiger partial charge on any atom is 0.223 e. The van der Waals surface area contributed by atoms with Crippen molar-refractivity contribution in [3.8, 4) is 0 Å². The first kappa shape index (κ1) is 12.6. The van der Waals surface area contributed by atoms with E-state index < -0.39 is 0 Å². The van der Waals surface area contributed by atoms with E-state index in [1.807, 2.05) is 12.1 Å². The van der Waals surface area contributed by atoms with Crippen LogP contribution < -0.4 is 5.32 Å². The second-order valence-electron chi connectivity index (χ2n) is 5.67. The Morgan fingerprint density at radius 2 is 2.11 bits per heavy atom. The maximum atomic E-state index is 12.5. The van der Waals surface area contributed by atoms with E-state index in [1.54, 1.807) is 12.4 Å². The monoisotopic (exact) mass is 259 g/mol. The fourth-order valence-corrected chi connectivity index (χ4v) is 2.74. The van der Waals surface area contributed by atoms with Gasteiger partial charge in [-0.1, -0.05) is 0 Å². The molecule has 4 heteroatoms. The molecule has 1 saturated carbocycles. The molecule has 2 fully saturated rings. The van der Waals surface area contributed by atoms with Crippen LogP contribution >= 0.6 is 0 Å². The maximum absolute atomic E-state index is 12.5. The van der Waals surface area contributed by atoms with Gasteiger partial charge in [-0.25, -0.2) is 0 Å². The van der Waals surface area contributed by atoms with Gasteiger partial charge in [0, 0.05) is 31.4 Å². The molecule has 102 valence electrons. The number of rotatable bonds is 5. The molecule has 1 aliphatic carbocycles. The third-order valence-corrected chi connectivity index (χ3v) is 4.04. The molecule has 2 aliphatic rings. The summed E-state index contributed by atoms with van der Waals surface area (Å²) in [6.45, 7) is 2.80. The lowest BCUT2D eigenvalue weighted by Crippen LogP contribution is -2.34. The molecular weight excluding hydrogens is 238 g/mol. The predicted molar refractivity (Wildman–Crippen MR) is 73.4 cm³/mol. The number of pyridine rings is 1. The van der Waals surface area contributed by atoms with Gasteiger partial charge < -0.3 is 10.2 Å². The summed E-state index contributed by atoms with van der Waals surface area (Å²) in [5, 5.41) is 3.33. The van der Waals surface area contributed by atoms with Crippen molar-refractivity contribution < 1.29 is 4.79 Å². The minimum absolute atomic E-state index is 0.327. The molecule has 1 saturated heterocycles. The van der Waals surface area contributed by atoms with Crippen molar-refractivity contribution >= 4 is 5.91 Å². The molecule has 1 N–H and O–H groups in total. The van der Waals surface area contributed by atoms with Crippen LogP contribution in [-0.4, -0.2) is 34.9 Å². The van der Waals surface area contributed by atoms with Crippen molar-refractivity contribution in [2.24, 2.45) is 5.92 Å². The molecule has 1 aromatic rings. The lowest BCUT2D eigenvalue weighted by Gasteiger charge is -2.24. The second-order valence-corrected chi connectivity index (χ2v) is 5.67. The molecule has 0 aromatic carbocycles. The number of hydrogen-bond acceptors (Lipinski definition) is 3. The Hall–Kier alpha value is -1.42. The minimum Gasteiger partial charge on any atom is -0.335 e. The first-order valence-corrected chi connectivity index (χ1v) is 7.22. The third kappa shape index (κ3) is 3.32. The molecule has 0 bridgehead atoms. The highest BCUT2D eigenvalue weighted by atomic mass is 16.2. The third-order valence-electron chi connectivity index (χ3n) is 4.04. The van der Waals surface area contributed by atoms with E-state index in [9.17, 15) is 4.79 Å². The van der Waals surface area contributed by atoms with Gasteiger partial charge in [-0.15, -0.1) is 0 Å². The van der Waals surface area contributed by atoms with Gasteiger partial charge in [-0.3, -0.25) is 9.78 Å². The molecule has 0 spiro atoms. The molecule has 4 nitrogen and oxygen atoms in total. The first-order chi connectivity index (χ1) is 9.33. The zero-order valence-electron chi connectivity index (χ0n) is 11.2. The van der Waals surface area contributed by atoms with Crippen LogP contribution in [0, 0.1) is 5.92 Å². The Labute approximate surface area is 114 Å². The van der Waals surface area contributed by atoms with Gasteiger partial charge in [0.1, 0.15) is 0 Å². The lowest BCUT2D eigenvalue weighted by atomic mass is 10.0. The number of amides is 1. The average Bonchev–Trinajstić information content (AvgIpc) is 3.15. The van der Waals surface area contributed by atoms with E-state index in [1.165, 1.54) is 18.4 Å². The number of carbonyl (C=O) groups is 1. The molecular formula is C15H21N3O. The molecule has 3 rings (SSSR count). The highest BCUT2D eigenvalue weighted by Gasteiger charge is 2.33. The first-order valence-electron chi connectivity index (χ1n) is 7.22. The van der Waals surface area contributed by atoms with E-state index >= 15 is 0 Å². The molecule has 0 radical (unpaired) electrons. The average molecular weight is 259 g/mol. The molecule has 1 aliphatic heterocycles. The molecule has 19 heavy (non-hydrogen) atoms. The SMILES string of the molecule is O=C(CC1CCNC1)N(Cc1ccncc1)C1CC1. The lowest BCUT2D eigenvalue weighted by molar-refractivity contribution is -0.133. The molecule has 1 amide bonds. The summed E-state index contributed by atoms with van der Waals surface area (Å²) < 4.78 is 0. The van der Waals surface area contributed by atoms with Gasteiger partial charge in [0.25, 0.3) is 0 Å². The number of hydrogen-bond donors (Lipinski definition) is 1. The fourth-order valence-electron chi connectivity index (χ4n) is 2.74. The topological polar surface area (TPSA) is 45.2 Å². The molecule has 1 atom stereocenters. The largest absolute Gasteiger partial charge is 0.335 e. The zero-order valence-corrected chi connectivity index (χ0v) is 11.2. The van der Waals surface area contributed by atoms with E-state index in [4.69, 9.17) is 0 Å². The summed E-state index contributed by atoms with van der Waals surface area (Å²) >= 11 is 0. The number of nitrogens with one attached hydrogen (secondary N) is 1. The van der Waals surface area contributed by atoms with Crippen LogP contribution in [0.25, 0.3) is 0 Å². The van der Waals surface area contributed by atoms with Gasteiger partial charge in [0.05, 0.1) is 0 Å². The standard InChI is InChI=1S/C15H21N3O/c19-15(9-13-5-8-17-10-13)18(14-1-2-14)11-12-3-6-16-7-4-12/h3-4,6-7,13-14,17H,1-2,5,8-11H2. The van der Waals surface area contributed by atoms with Gasteiger partial charge in [0.15, 0.2) is 0 Å². The van der Waals surface area contributed by atoms with Crippen LogP contribution in [0.3, 0.4) is 0 Å². The summed E-state index contributed by atoms with van der Waals surface area (Å²) in [5.41, 5.74) is 1.18. The Morgan fingerprint density at radius 3 is 2.74 bits per heavy atom. The molecule has 1 unspecified atom stereocenters. The smallest absolute Gasteiger partial charge is 0.223 e. The predicted octanol–water partition coefficient (Wildman–Crippen LogP) is 1.57. The van der Waals surface area contributed by atoms with E-state index in [0.717, 1.165) is 26.1 Å². The zero-order chi connectivity index (χ0) is 13.1. The minimum atomic E-state index is 0.327. The summed E-state index contributed by atoms with van der Waals surface area (Å²) in [5.74, 6) is 0.860. The van der Waals surface area contributed by atoms with Crippen molar-refractivity contribution in [1.82, 2.24) is 15.2 Å². The van der Waals surface area contributed by atoms with Crippen molar-refractivity contribution in [3.63, 3.8) is 0 Å². The highest BCUT2D eigenvalue weighted by molar-refractivity contribution is 5.77. The van der Waals surface area contributed by atoms with Crippen molar-refractivity contribution in [3.05, 3.63) is 30.1 Å². The quantitative estimate of drug-likeness (QED) is 0.873. The van der Waals surface area contributed by atoms with Crippen LogP contribution in [0.5, 0.6) is 0 Å². The Morgan fingerprint density at radius 1 is 1.32 bits per heavy atom. The number of carbonyl (C=O) groups excluding carboxylic acids is 1. The van der Waals surface area contributed by atoms with Crippen molar-refractivity contribution in [1.29, 1.82) is 0 Å². The van der Waals surface area contributed by atoms with Crippen LogP contribution in [0.15, 0.2) is 24.5 Å². The van der Waals surface area contributed by atoms with Gasteiger partial charge in [-0.2, -0.15) is 0 Å². The van der Waals surface area contributed by atoms with E-state index in [0.29, 0.717) is 24.3 Å². The van der Waals surface area contributed by atoms with Crippen LogP contribution in [0.1, 0.15) is 31.2 Å². The van der Waals surface area contributed by atoms with Gasteiger partial charge in [-0.05, 0) is 56.0 Å². The van der Waals surface area contributed by atoms with Crippen LogP contribution in [0.4, 0.5) is 0 Å². The second kappa shape index (κ2) is 5.70. The Kier molecular flexibility index (Phi) is 3.78.